The molecule has 1 N–H and O–H groups in total. The van der Waals surface area contributed by atoms with Crippen molar-refractivity contribution in [2.45, 2.75) is 19.6 Å². The molecule has 31 heavy (non-hydrogen) atoms. The summed E-state index contributed by atoms with van der Waals surface area (Å²) in [7, 11) is 0. The number of rotatable bonds is 6. The van der Waals surface area contributed by atoms with Crippen molar-refractivity contribution in [3.05, 3.63) is 72.3 Å². The molecule has 1 saturated heterocycles. The van der Waals surface area contributed by atoms with Gasteiger partial charge >= 0.3 is 6.09 Å². The predicted octanol–water partition coefficient (Wildman–Crippen LogP) is 3.34. The molecule has 0 aliphatic carbocycles. The van der Waals surface area contributed by atoms with Gasteiger partial charge in [0.05, 0.1) is 31.6 Å². The lowest BCUT2D eigenvalue weighted by atomic mass is 10.0. The Balaban J connectivity index is 1.51. The summed E-state index contributed by atoms with van der Waals surface area (Å²) in [5.74, 6) is -1.26. The Labute approximate surface area is 177 Å². The van der Waals surface area contributed by atoms with Crippen LogP contribution in [0.15, 0.2) is 55.1 Å². The zero-order valence-corrected chi connectivity index (χ0v) is 16.7. The van der Waals surface area contributed by atoms with Crippen LogP contribution < -0.4 is 10.2 Å². The number of benzene rings is 2. The Bertz CT molecular complexity index is 1120. The van der Waals surface area contributed by atoms with Crippen molar-refractivity contribution in [1.82, 2.24) is 14.9 Å². The number of halogens is 2. The van der Waals surface area contributed by atoms with Gasteiger partial charge < -0.3 is 14.6 Å². The summed E-state index contributed by atoms with van der Waals surface area (Å²) in [4.78, 5) is 28.4. The normalized spacial score (nSPS) is 15.8. The van der Waals surface area contributed by atoms with Crippen molar-refractivity contribution >= 4 is 17.7 Å². The van der Waals surface area contributed by atoms with Crippen molar-refractivity contribution in [3.63, 3.8) is 0 Å². The maximum absolute atomic E-state index is 14.8. The molecule has 1 aromatic heterocycles. The van der Waals surface area contributed by atoms with E-state index in [0.717, 1.165) is 0 Å². The fraction of sp³-hybridized carbons (Fsp3) is 0.227. The summed E-state index contributed by atoms with van der Waals surface area (Å²) in [6.07, 6.45) is 3.81. The van der Waals surface area contributed by atoms with Crippen LogP contribution in [-0.4, -0.2) is 40.7 Å². The Kier molecular flexibility index (Phi) is 5.66. The molecule has 2 aromatic carbocycles. The lowest BCUT2D eigenvalue weighted by molar-refractivity contribution is -0.119. The van der Waals surface area contributed by atoms with Gasteiger partial charge in [-0.2, -0.15) is 0 Å². The van der Waals surface area contributed by atoms with Crippen LogP contribution in [0.3, 0.4) is 0 Å². The van der Waals surface area contributed by atoms with Crippen LogP contribution in [0, 0.1) is 11.6 Å². The molecule has 1 atom stereocenters. The second kappa shape index (κ2) is 8.55. The largest absolute Gasteiger partial charge is 0.442 e. The number of amides is 2. The van der Waals surface area contributed by atoms with Crippen LogP contribution >= 0.6 is 0 Å². The van der Waals surface area contributed by atoms with E-state index >= 15 is 0 Å². The number of anilines is 1. The third-order valence-corrected chi connectivity index (χ3v) is 4.99. The first kappa shape index (κ1) is 20.5. The summed E-state index contributed by atoms with van der Waals surface area (Å²) in [5.41, 5.74) is 1.40. The topological polar surface area (TPSA) is 76.5 Å². The van der Waals surface area contributed by atoms with Crippen molar-refractivity contribution in [1.29, 1.82) is 0 Å². The van der Waals surface area contributed by atoms with Crippen molar-refractivity contribution < 1.29 is 23.1 Å². The van der Waals surface area contributed by atoms with E-state index in [1.807, 2.05) is 0 Å². The number of nitrogens with zero attached hydrogens (tertiary/aromatic N) is 3. The Morgan fingerprint density at radius 3 is 2.74 bits per heavy atom. The minimum atomic E-state index is -0.614. The van der Waals surface area contributed by atoms with Gasteiger partial charge in [-0.05, 0) is 29.8 Å². The first-order chi connectivity index (χ1) is 14.9. The van der Waals surface area contributed by atoms with Gasteiger partial charge in [0.15, 0.2) is 0 Å². The number of carbonyl (C=O) groups is 2. The Hall–Kier alpha value is -3.75. The average Bonchev–Trinajstić information content (AvgIpc) is 3.37. The summed E-state index contributed by atoms with van der Waals surface area (Å²) >= 11 is 0. The number of aromatic nitrogens is 2. The van der Waals surface area contributed by atoms with Gasteiger partial charge in [-0.15, -0.1) is 0 Å². The van der Waals surface area contributed by atoms with Crippen molar-refractivity contribution in [2.24, 2.45) is 0 Å². The van der Waals surface area contributed by atoms with Crippen LogP contribution in [-0.2, 0) is 16.1 Å². The quantitative estimate of drug-likeness (QED) is 0.656. The van der Waals surface area contributed by atoms with Crippen LogP contribution in [0.1, 0.15) is 12.5 Å². The summed E-state index contributed by atoms with van der Waals surface area (Å²) in [6.45, 7) is 2.07. The molecule has 2 amide bonds. The number of nitrogens with one attached hydrogen (secondary N) is 1. The second-order valence-electron chi connectivity index (χ2n) is 7.26. The van der Waals surface area contributed by atoms with Crippen LogP contribution in [0.25, 0.3) is 11.1 Å². The number of imidazole rings is 1. The summed E-state index contributed by atoms with van der Waals surface area (Å²) in [5, 5.41) is 2.59. The van der Waals surface area contributed by atoms with Gasteiger partial charge in [-0.25, -0.2) is 18.6 Å². The molecule has 0 saturated carbocycles. The highest BCUT2D eigenvalue weighted by Crippen LogP contribution is 2.30. The van der Waals surface area contributed by atoms with E-state index in [1.165, 1.54) is 30.0 Å². The predicted molar refractivity (Wildman–Crippen MR) is 109 cm³/mol. The molecule has 1 aliphatic heterocycles. The van der Waals surface area contributed by atoms with Crippen LogP contribution in [0.5, 0.6) is 0 Å². The van der Waals surface area contributed by atoms with E-state index in [-0.39, 0.29) is 24.6 Å². The van der Waals surface area contributed by atoms with Gasteiger partial charge in [-0.1, -0.05) is 12.1 Å². The summed E-state index contributed by atoms with van der Waals surface area (Å²) in [6, 6.07) is 8.86. The smallest absolute Gasteiger partial charge is 0.414 e. The highest BCUT2D eigenvalue weighted by molar-refractivity contribution is 5.90. The average molecular weight is 426 g/mol. The monoisotopic (exact) mass is 426 g/mol. The molecule has 3 aromatic rings. The number of cyclic esters (lactones) is 1. The number of hydrogen-bond acceptors (Lipinski definition) is 4. The molecule has 1 unspecified atom stereocenters. The molecule has 0 spiro atoms. The van der Waals surface area contributed by atoms with Gasteiger partial charge in [0.2, 0.25) is 5.91 Å². The first-order valence-electron chi connectivity index (χ1n) is 9.67. The summed E-state index contributed by atoms with van der Waals surface area (Å²) < 4.78 is 36.3. The number of carbonyl (C=O) groups excluding carboxylic acids is 2. The van der Waals surface area contributed by atoms with E-state index in [0.29, 0.717) is 23.4 Å². The molecule has 160 valence electrons. The minimum Gasteiger partial charge on any atom is -0.442 e. The number of hydrogen-bond donors (Lipinski definition) is 1. The van der Waals surface area contributed by atoms with E-state index in [2.05, 4.69) is 10.3 Å². The third-order valence-electron chi connectivity index (χ3n) is 4.99. The van der Waals surface area contributed by atoms with Crippen LogP contribution in [0.4, 0.5) is 19.3 Å². The number of ether oxygens (including phenoxy) is 1. The Morgan fingerprint density at radius 1 is 1.23 bits per heavy atom. The fourth-order valence-electron chi connectivity index (χ4n) is 3.42. The van der Waals surface area contributed by atoms with Crippen LogP contribution in [0.2, 0.25) is 0 Å². The van der Waals surface area contributed by atoms with Crippen molar-refractivity contribution in [3.8, 4) is 11.1 Å². The van der Waals surface area contributed by atoms with E-state index in [9.17, 15) is 18.4 Å². The lowest BCUT2D eigenvalue weighted by Gasteiger charge is -2.15. The van der Waals surface area contributed by atoms with E-state index in [1.54, 1.807) is 41.5 Å². The maximum atomic E-state index is 14.8. The molecule has 0 bridgehead atoms. The van der Waals surface area contributed by atoms with Gasteiger partial charge in [0.1, 0.15) is 17.7 Å². The lowest BCUT2D eigenvalue weighted by Crippen LogP contribution is -2.33. The molecular formula is C22H20F2N4O3. The molecule has 7 nitrogen and oxygen atoms in total. The minimum absolute atomic E-state index is 0.183. The van der Waals surface area contributed by atoms with E-state index in [4.69, 9.17) is 4.74 Å². The zero-order chi connectivity index (χ0) is 22.0. The highest BCUT2D eigenvalue weighted by atomic mass is 19.1. The van der Waals surface area contributed by atoms with Gasteiger partial charge in [-0.3, -0.25) is 9.69 Å². The molecular weight excluding hydrogens is 406 g/mol. The van der Waals surface area contributed by atoms with E-state index < -0.39 is 23.8 Å². The zero-order valence-electron chi connectivity index (χ0n) is 16.7. The standard InChI is InChI=1S/C22H20F2N4O3/c1-14(29)26-10-18-12-28(22(30)31-18)17-4-5-19(21(24)9-17)15-2-3-16(20(23)8-15)11-27-7-6-25-13-27/h2-9,13,18H,10-12H2,1H3,(H,26,29). The second-order valence-corrected chi connectivity index (χ2v) is 7.26. The molecule has 0 radical (unpaired) electrons. The fourth-order valence-corrected chi connectivity index (χ4v) is 3.42. The maximum Gasteiger partial charge on any atom is 0.414 e. The van der Waals surface area contributed by atoms with Gasteiger partial charge in [0, 0.05) is 30.4 Å². The Morgan fingerprint density at radius 2 is 2.06 bits per heavy atom. The SMILES string of the molecule is CC(=O)NCC1CN(c2ccc(-c3ccc(Cn4ccnc4)c(F)c3)c(F)c2)C(=O)O1. The molecule has 1 aliphatic rings. The highest BCUT2D eigenvalue weighted by Gasteiger charge is 2.32. The molecule has 2 heterocycles. The molecule has 9 heteroatoms. The van der Waals surface area contributed by atoms with Crippen molar-refractivity contribution in [2.75, 3.05) is 18.0 Å². The third kappa shape index (κ3) is 4.55. The molecule has 1 fully saturated rings. The van der Waals surface area contributed by atoms with Gasteiger partial charge in [0.25, 0.3) is 0 Å². The molecule has 4 rings (SSSR count). The first-order valence-corrected chi connectivity index (χ1v) is 9.67.